The van der Waals surface area contributed by atoms with Crippen LogP contribution in [0, 0.1) is 11.8 Å². The van der Waals surface area contributed by atoms with Crippen LogP contribution in [0.5, 0.6) is 0 Å². The standard InChI is InChI=1S/C14H25N3/c1-12-3-5-13(6-4-12)7-9-15-11-14-8-10-16-17(14)2/h8,10,12-13,15H,3-7,9,11H2,1-2H3. The largest absolute Gasteiger partial charge is 0.311 e. The van der Waals surface area contributed by atoms with E-state index in [4.69, 9.17) is 0 Å². The molecule has 1 N–H and O–H groups in total. The third kappa shape index (κ3) is 3.84. The topological polar surface area (TPSA) is 29.9 Å². The van der Waals surface area contributed by atoms with Gasteiger partial charge in [0, 0.05) is 19.8 Å². The van der Waals surface area contributed by atoms with Gasteiger partial charge in [0.2, 0.25) is 0 Å². The molecule has 3 heteroatoms. The van der Waals surface area contributed by atoms with E-state index in [1.165, 1.54) is 37.8 Å². The van der Waals surface area contributed by atoms with Crippen molar-refractivity contribution in [2.45, 2.75) is 45.6 Å². The van der Waals surface area contributed by atoms with Gasteiger partial charge in [-0.15, -0.1) is 0 Å². The van der Waals surface area contributed by atoms with E-state index in [0.717, 1.165) is 24.9 Å². The van der Waals surface area contributed by atoms with E-state index in [2.05, 4.69) is 23.4 Å². The lowest BCUT2D eigenvalue weighted by Gasteiger charge is -2.26. The molecule has 96 valence electrons. The summed E-state index contributed by atoms with van der Waals surface area (Å²) in [5.41, 5.74) is 1.27. The molecular weight excluding hydrogens is 210 g/mol. The molecule has 0 aliphatic heterocycles. The Labute approximate surface area is 105 Å². The van der Waals surface area contributed by atoms with E-state index in [-0.39, 0.29) is 0 Å². The highest BCUT2D eigenvalue weighted by molar-refractivity contribution is 4.98. The molecule has 0 bridgehead atoms. The molecule has 1 saturated carbocycles. The maximum atomic E-state index is 4.17. The van der Waals surface area contributed by atoms with Gasteiger partial charge in [0.15, 0.2) is 0 Å². The second-order valence-corrected chi connectivity index (χ2v) is 5.54. The third-order valence-corrected chi connectivity index (χ3v) is 4.09. The molecule has 1 heterocycles. The van der Waals surface area contributed by atoms with Crippen molar-refractivity contribution in [3.63, 3.8) is 0 Å². The molecule has 0 spiro atoms. The first kappa shape index (κ1) is 12.6. The van der Waals surface area contributed by atoms with E-state index in [0.29, 0.717) is 0 Å². The number of aromatic nitrogens is 2. The molecule has 0 amide bonds. The van der Waals surface area contributed by atoms with Crippen molar-refractivity contribution in [2.75, 3.05) is 6.54 Å². The summed E-state index contributed by atoms with van der Waals surface area (Å²) < 4.78 is 1.94. The Morgan fingerprint density at radius 1 is 1.35 bits per heavy atom. The van der Waals surface area contributed by atoms with Gasteiger partial charge in [0.1, 0.15) is 0 Å². The van der Waals surface area contributed by atoms with Crippen molar-refractivity contribution < 1.29 is 0 Å². The van der Waals surface area contributed by atoms with Crippen molar-refractivity contribution in [2.24, 2.45) is 18.9 Å². The molecule has 3 nitrogen and oxygen atoms in total. The lowest BCUT2D eigenvalue weighted by Crippen LogP contribution is -2.21. The summed E-state index contributed by atoms with van der Waals surface area (Å²) in [5.74, 6) is 1.93. The lowest BCUT2D eigenvalue weighted by atomic mass is 9.81. The van der Waals surface area contributed by atoms with E-state index in [1.807, 2.05) is 17.9 Å². The molecule has 1 aliphatic carbocycles. The predicted molar refractivity (Wildman–Crippen MR) is 70.7 cm³/mol. The highest BCUT2D eigenvalue weighted by Crippen LogP contribution is 2.29. The number of rotatable bonds is 5. The van der Waals surface area contributed by atoms with Crippen molar-refractivity contribution in [1.82, 2.24) is 15.1 Å². The van der Waals surface area contributed by atoms with Gasteiger partial charge in [-0.2, -0.15) is 5.10 Å². The molecule has 17 heavy (non-hydrogen) atoms. The highest BCUT2D eigenvalue weighted by Gasteiger charge is 2.17. The Balaban J connectivity index is 1.59. The average Bonchev–Trinajstić information content (AvgIpc) is 2.73. The molecular formula is C14H25N3. The van der Waals surface area contributed by atoms with Crippen LogP contribution in [0.25, 0.3) is 0 Å². The summed E-state index contributed by atoms with van der Waals surface area (Å²) in [6, 6.07) is 2.08. The Bertz CT molecular complexity index is 324. The van der Waals surface area contributed by atoms with Crippen LogP contribution in [0.1, 0.15) is 44.7 Å². The summed E-state index contributed by atoms with van der Waals surface area (Å²) in [7, 11) is 2.00. The average molecular weight is 235 g/mol. The third-order valence-electron chi connectivity index (χ3n) is 4.09. The molecule has 0 radical (unpaired) electrons. The van der Waals surface area contributed by atoms with Gasteiger partial charge >= 0.3 is 0 Å². The van der Waals surface area contributed by atoms with E-state index < -0.39 is 0 Å². The Morgan fingerprint density at radius 2 is 2.12 bits per heavy atom. The Morgan fingerprint density at radius 3 is 2.76 bits per heavy atom. The molecule has 0 atom stereocenters. The predicted octanol–water partition coefficient (Wildman–Crippen LogP) is 2.73. The van der Waals surface area contributed by atoms with Crippen LogP contribution in [0.3, 0.4) is 0 Å². The van der Waals surface area contributed by atoms with Crippen LogP contribution >= 0.6 is 0 Å². The monoisotopic (exact) mass is 235 g/mol. The normalized spacial score (nSPS) is 25.1. The van der Waals surface area contributed by atoms with Gasteiger partial charge in [-0.05, 0) is 30.9 Å². The zero-order valence-corrected chi connectivity index (χ0v) is 11.2. The summed E-state index contributed by atoms with van der Waals surface area (Å²) >= 11 is 0. The van der Waals surface area contributed by atoms with Gasteiger partial charge < -0.3 is 5.32 Å². The molecule has 1 aliphatic rings. The zero-order chi connectivity index (χ0) is 12.1. The maximum absolute atomic E-state index is 4.17. The maximum Gasteiger partial charge on any atom is 0.0518 e. The molecule has 0 saturated heterocycles. The molecule has 0 unspecified atom stereocenters. The molecule has 1 aromatic rings. The molecule has 1 fully saturated rings. The van der Waals surface area contributed by atoms with Crippen molar-refractivity contribution in [3.05, 3.63) is 18.0 Å². The second kappa shape index (κ2) is 6.20. The van der Waals surface area contributed by atoms with Crippen LogP contribution < -0.4 is 5.32 Å². The zero-order valence-electron chi connectivity index (χ0n) is 11.2. The summed E-state index contributed by atoms with van der Waals surface area (Å²) in [6.07, 6.45) is 8.95. The van der Waals surface area contributed by atoms with Crippen molar-refractivity contribution >= 4 is 0 Å². The van der Waals surface area contributed by atoms with Crippen molar-refractivity contribution in [1.29, 1.82) is 0 Å². The number of hydrogen-bond acceptors (Lipinski definition) is 2. The summed E-state index contributed by atoms with van der Waals surface area (Å²) in [4.78, 5) is 0. The van der Waals surface area contributed by atoms with Crippen LogP contribution in [-0.2, 0) is 13.6 Å². The van der Waals surface area contributed by atoms with Crippen LogP contribution in [0.15, 0.2) is 12.3 Å². The van der Waals surface area contributed by atoms with E-state index in [9.17, 15) is 0 Å². The molecule has 0 aromatic carbocycles. The minimum atomic E-state index is 0.944. The van der Waals surface area contributed by atoms with Gasteiger partial charge in [0.05, 0.1) is 5.69 Å². The fourth-order valence-corrected chi connectivity index (χ4v) is 2.72. The minimum absolute atomic E-state index is 0.944. The highest BCUT2D eigenvalue weighted by atomic mass is 15.3. The lowest BCUT2D eigenvalue weighted by molar-refractivity contribution is 0.275. The first-order valence-electron chi connectivity index (χ1n) is 6.93. The number of nitrogens with zero attached hydrogens (tertiary/aromatic N) is 2. The van der Waals surface area contributed by atoms with Crippen molar-refractivity contribution in [3.8, 4) is 0 Å². The SMILES string of the molecule is CC1CCC(CCNCc2ccnn2C)CC1. The number of hydrogen-bond donors (Lipinski definition) is 1. The second-order valence-electron chi connectivity index (χ2n) is 5.54. The number of aryl methyl sites for hydroxylation is 1. The van der Waals surface area contributed by atoms with Gasteiger partial charge in [-0.25, -0.2) is 0 Å². The Kier molecular flexibility index (Phi) is 4.60. The Hall–Kier alpha value is -0.830. The minimum Gasteiger partial charge on any atom is -0.311 e. The first-order valence-corrected chi connectivity index (χ1v) is 6.93. The van der Waals surface area contributed by atoms with E-state index in [1.54, 1.807) is 0 Å². The fraction of sp³-hybridized carbons (Fsp3) is 0.786. The quantitative estimate of drug-likeness (QED) is 0.795. The van der Waals surface area contributed by atoms with Crippen LogP contribution in [0.2, 0.25) is 0 Å². The first-order chi connectivity index (χ1) is 8.25. The summed E-state index contributed by atoms with van der Waals surface area (Å²) in [6.45, 7) is 4.47. The smallest absolute Gasteiger partial charge is 0.0518 e. The number of nitrogens with one attached hydrogen (secondary N) is 1. The fourth-order valence-electron chi connectivity index (χ4n) is 2.72. The summed E-state index contributed by atoms with van der Waals surface area (Å²) in [5, 5.41) is 7.70. The van der Waals surface area contributed by atoms with Gasteiger partial charge in [0.25, 0.3) is 0 Å². The molecule has 1 aromatic heterocycles. The van der Waals surface area contributed by atoms with Gasteiger partial charge in [-0.3, -0.25) is 4.68 Å². The van der Waals surface area contributed by atoms with Crippen LogP contribution in [-0.4, -0.2) is 16.3 Å². The van der Waals surface area contributed by atoms with E-state index >= 15 is 0 Å². The van der Waals surface area contributed by atoms with Crippen LogP contribution in [0.4, 0.5) is 0 Å². The molecule has 2 rings (SSSR count). The van der Waals surface area contributed by atoms with Gasteiger partial charge in [-0.1, -0.05) is 32.6 Å².